The maximum atomic E-state index is 14.0. The lowest BCUT2D eigenvalue weighted by atomic mass is 9.93. The van der Waals surface area contributed by atoms with Gasteiger partial charge in [-0.1, -0.05) is 72.8 Å². The highest BCUT2D eigenvalue weighted by molar-refractivity contribution is 5.92. The third kappa shape index (κ3) is 5.39. The molecule has 2 aliphatic rings. The third-order valence-electron chi connectivity index (χ3n) is 8.19. The van der Waals surface area contributed by atoms with Crippen LogP contribution in [0.3, 0.4) is 0 Å². The fourth-order valence-electron chi connectivity index (χ4n) is 6.10. The van der Waals surface area contributed by atoms with Gasteiger partial charge in [-0.2, -0.15) is 0 Å². The third-order valence-corrected chi connectivity index (χ3v) is 8.19. The molecule has 37 heavy (non-hydrogen) atoms. The van der Waals surface area contributed by atoms with Crippen LogP contribution in [-0.4, -0.2) is 51.4 Å². The highest BCUT2D eigenvalue weighted by Gasteiger charge is 2.32. The Hall–Kier alpha value is -3.28. The highest BCUT2D eigenvalue weighted by atomic mass is 16.2. The number of fused-ring (bicyclic) bond motifs is 1. The summed E-state index contributed by atoms with van der Waals surface area (Å²) in [5.41, 5.74) is 4.62. The molecule has 0 saturated carbocycles. The minimum absolute atomic E-state index is 0.0570. The molecule has 190 valence electrons. The molecule has 1 aromatic heterocycles. The van der Waals surface area contributed by atoms with Crippen molar-refractivity contribution < 1.29 is 4.79 Å². The molecular weight excluding hydrogens is 456 g/mol. The van der Waals surface area contributed by atoms with E-state index in [4.69, 9.17) is 4.98 Å². The smallest absolute Gasteiger partial charge is 0.235 e. The largest absolute Gasteiger partial charge is 0.299 e. The average molecular weight is 493 g/mol. The van der Waals surface area contributed by atoms with Crippen molar-refractivity contribution in [1.29, 1.82) is 0 Å². The lowest BCUT2D eigenvalue weighted by Gasteiger charge is -2.33. The number of hydrogen-bond donors (Lipinski definition) is 0. The van der Waals surface area contributed by atoms with Crippen molar-refractivity contribution in [2.75, 3.05) is 26.2 Å². The van der Waals surface area contributed by atoms with Crippen molar-refractivity contribution in [2.45, 2.75) is 44.7 Å². The van der Waals surface area contributed by atoms with Gasteiger partial charge in [0.15, 0.2) is 0 Å². The van der Waals surface area contributed by atoms with Crippen molar-refractivity contribution in [3.8, 4) is 0 Å². The molecule has 0 unspecified atom stereocenters. The fourth-order valence-corrected chi connectivity index (χ4v) is 6.10. The van der Waals surface area contributed by atoms with Gasteiger partial charge in [0.2, 0.25) is 5.91 Å². The summed E-state index contributed by atoms with van der Waals surface area (Å²) in [6.45, 7) is 5.95. The van der Waals surface area contributed by atoms with Gasteiger partial charge in [-0.25, -0.2) is 4.98 Å². The Morgan fingerprint density at radius 2 is 1.19 bits per heavy atom. The molecule has 2 saturated heterocycles. The van der Waals surface area contributed by atoms with E-state index in [1.54, 1.807) is 0 Å². The monoisotopic (exact) mass is 492 g/mol. The Morgan fingerprint density at radius 1 is 0.676 bits per heavy atom. The van der Waals surface area contributed by atoms with Gasteiger partial charge in [-0.05, 0) is 75.1 Å². The van der Waals surface area contributed by atoms with Crippen LogP contribution in [-0.2, 0) is 13.1 Å². The van der Waals surface area contributed by atoms with E-state index in [9.17, 15) is 4.79 Å². The number of rotatable bonds is 6. The molecule has 0 aliphatic carbocycles. The van der Waals surface area contributed by atoms with Gasteiger partial charge in [-0.15, -0.1) is 0 Å². The first-order valence-electron chi connectivity index (χ1n) is 13.8. The number of carbonyl (C=O) groups excluding carboxylic acids is 1. The molecule has 0 spiro atoms. The molecule has 3 aromatic carbocycles. The summed E-state index contributed by atoms with van der Waals surface area (Å²) in [5, 5.41) is 0. The van der Waals surface area contributed by atoms with Gasteiger partial charge in [0, 0.05) is 24.9 Å². The second kappa shape index (κ2) is 11.0. The van der Waals surface area contributed by atoms with Gasteiger partial charge < -0.3 is 0 Å². The van der Waals surface area contributed by atoms with Crippen molar-refractivity contribution in [3.63, 3.8) is 0 Å². The molecule has 0 amide bonds. The van der Waals surface area contributed by atoms with Gasteiger partial charge in [0.05, 0.1) is 11.0 Å². The molecule has 0 bridgehead atoms. The van der Waals surface area contributed by atoms with E-state index in [0.29, 0.717) is 5.92 Å². The molecule has 0 radical (unpaired) electrons. The van der Waals surface area contributed by atoms with Crippen LogP contribution >= 0.6 is 0 Å². The zero-order chi connectivity index (χ0) is 25.0. The zero-order valence-corrected chi connectivity index (χ0v) is 21.5. The summed E-state index contributed by atoms with van der Waals surface area (Å²) in [4.78, 5) is 24.1. The minimum Gasteiger partial charge on any atom is -0.299 e. The quantitative estimate of drug-likeness (QED) is 0.333. The Kier molecular flexibility index (Phi) is 7.16. The fraction of sp³-hybridized carbons (Fsp3) is 0.375. The van der Waals surface area contributed by atoms with Crippen molar-refractivity contribution in [1.82, 2.24) is 19.4 Å². The van der Waals surface area contributed by atoms with Gasteiger partial charge in [0.1, 0.15) is 5.82 Å². The van der Waals surface area contributed by atoms with E-state index in [1.807, 2.05) is 16.7 Å². The number of benzene rings is 3. The summed E-state index contributed by atoms with van der Waals surface area (Å²) in [7, 11) is 0. The molecule has 5 heteroatoms. The molecule has 6 rings (SSSR count). The summed E-state index contributed by atoms with van der Waals surface area (Å²) < 4.78 is 2.00. The molecule has 0 atom stereocenters. The zero-order valence-electron chi connectivity index (χ0n) is 21.5. The SMILES string of the molecule is O=C(C1CCN(Cc2ccccc2)CC1)n1c(C2CCN(Cc3ccccc3)CC2)nc2ccccc21. The van der Waals surface area contributed by atoms with Gasteiger partial charge in [0.25, 0.3) is 0 Å². The normalized spacial score (nSPS) is 18.4. The number of imidazole rings is 1. The molecule has 5 nitrogen and oxygen atoms in total. The van der Waals surface area contributed by atoms with Crippen LogP contribution in [0.4, 0.5) is 0 Å². The first-order valence-corrected chi connectivity index (χ1v) is 13.8. The molecule has 3 heterocycles. The first-order chi connectivity index (χ1) is 18.2. The second-order valence-electron chi connectivity index (χ2n) is 10.7. The standard InChI is InChI=1S/C32H36N4O/c37-32(28-17-21-35(22-18-28)24-26-11-5-2-6-12-26)36-30-14-8-7-13-29(30)33-31(36)27-15-19-34(20-16-27)23-25-9-3-1-4-10-25/h1-14,27-28H,15-24H2. The van der Waals surface area contributed by atoms with Crippen molar-refractivity contribution in [3.05, 3.63) is 102 Å². The number of hydrogen-bond acceptors (Lipinski definition) is 4. The van der Waals surface area contributed by atoms with Crippen LogP contribution < -0.4 is 0 Å². The maximum absolute atomic E-state index is 14.0. The topological polar surface area (TPSA) is 41.4 Å². The van der Waals surface area contributed by atoms with E-state index in [-0.39, 0.29) is 11.8 Å². The molecule has 4 aromatic rings. The predicted molar refractivity (Wildman–Crippen MR) is 148 cm³/mol. The van der Waals surface area contributed by atoms with E-state index in [2.05, 4.69) is 82.6 Å². The molecule has 0 N–H and O–H groups in total. The number of carbonyl (C=O) groups is 1. The summed E-state index contributed by atoms with van der Waals surface area (Å²) in [6, 6.07) is 29.5. The van der Waals surface area contributed by atoms with Gasteiger partial charge >= 0.3 is 0 Å². The van der Waals surface area contributed by atoms with Crippen LogP contribution in [0.2, 0.25) is 0 Å². The van der Waals surface area contributed by atoms with Gasteiger partial charge in [-0.3, -0.25) is 19.2 Å². The molecular formula is C32H36N4O. The van der Waals surface area contributed by atoms with Crippen LogP contribution in [0.5, 0.6) is 0 Å². The number of aromatic nitrogens is 2. The first kappa shape index (κ1) is 24.1. The number of nitrogens with zero attached hydrogens (tertiary/aromatic N) is 4. The lowest BCUT2D eigenvalue weighted by Crippen LogP contribution is -2.38. The Labute approximate surface area is 219 Å². The van der Waals surface area contributed by atoms with Crippen molar-refractivity contribution >= 4 is 16.9 Å². The Balaban J connectivity index is 1.15. The second-order valence-corrected chi connectivity index (χ2v) is 10.7. The Morgan fingerprint density at radius 3 is 1.78 bits per heavy atom. The summed E-state index contributed by atoms with van der Waals surface area (Å²) >= 11 is 0. The molecule has 2 fully saturated rings. The number of piperidine rings is 2. The van der Waals surface area contributed by atoms with E-state index < -0.39 is 0 Å². The Bertz CT molecular complexity index is 1320. The summed E-state index contributed by atoms with van der Waals surface area (Å²) in [6.07, 6.45) is 3.90. The van der Waals surface area contributed by atoms with E-state index in [0.717, 1.165) is 81.8 Å². The maximum Gasteiger partial charge on any atom is 0.235 e. The lowest BCUT2D eigenvalue weighted by molar-refractivity contribution is 0.0744. The van der Waals surface area contributed by atoms with Crippen LogP contribution in [0.15, 0.2) is 84.9 Å². The number of para-hydroxylation sites is 2. The van der Waals surface area contributed by atoms with Crippen LogP contribution in [0.1, 0.15) is 53.3 Å². The predicted octanol–water partition coefficient (Wildman–Crippen LogP) is 5.97. The van der Waals surface area contributed by atoms with E-state index in [1.165, 1.54) is 11.1 Å². The highest BCUT2D eigenvalue weighted by Crippen LogP contribution is 2.32. The average Bonchev–Trinajstić information content (AvgIpc) is 3.34. The number of likely N-dealkylation sites (tertiary alicyclic amines) is 2. The van der Waals surface area contributed by atoms with Crippen LogP contribution in [0, 0.1) is 5.92 Å². The summed E-state index contributed by atoms with van der Waals surface area (Å²) in [5.74, 6) is 1.61. The van der Waals surface area contributed by atoms with Crippen molar-refractivity contribution in [2.24, 2.45) is 5.92 Å². The van der Waals surface area contributed by atoms with E-state index >= 15 is 0 Å². The molecule has 2 aliphatic heterocycles. The van der Waals surface area contributed by atoms with Crippen LogP contribution in [0.25, 0.3) is 11.0 Å². The minimum atomic E-state index is 0.0570.